The Morgan fingerprint density at radius 3 is 2.74 bits per heavy atom. The molecule has 1 N–H and O–H groups in total. The molecular weight excluding hydrogens is 236 g/mol. The van der Waals surface area contributed by atoms with Crippen molar-refractivity contribution in [2.75, 3.05) is 44.2 Å². The van der Waals surface area contributed by atoms with Gasteiger partial charge >= 0.3 is 0 Å². The largest absolute Gasteiger partial charge is 0.369 e. The van der Waals surface area contributed by atoms with Gasteiger partial charge in [-0.2, -0.15) is 5.26 Å². The molecule has 0 bridgehead atoms. The van der Waals surface area contributed by atoms with Gasteiger partial charge in [0.2, 0.25) is 0 Å². The monoisotopic (exact) mass is 256 g/mol. The number of anilines is 1. The number of rotatable bonds is 2. The van der Waals surface area contributed by atoms with E-state index in [0.29, 0.717) is 0 Å². The maximum Gasteiger partial charge on any atom is 0.0992 e. The Hall–Kier alpha value is -1.57. The van der Waals surface area contributed by atoms with Gasteiger partial charge in [-0.05, 0) is 31.2 Å². The number of nitrogens with one attached hydrogen (secondary N) is 1. The van der Waals surface area contributed by atoms with Gasteiger partial charge in [0.05, 0.1) is 11.6 Å². The van der Waals surface area contributed by atoms with Crippen LogP contribution in [0.15, 0.2) is 24.3 Å². The molecule has 1 aromatic rings. The summed E-state index contributed by atoms with van der Waals surface area (Å²) in [5.74, 6) is 0. The molecular formula is C15H20N4. The molecule has 0 aliphatic carbocycles. The Bertz CT molecular complexity index is 465. The van der Waals surface area contributed by atoms with Crippen molar-refractivity contribution in [3.63, 3.8) is 0 Å². The second-order valence-corrected chi connectivity index (χ2v) is 5.33. The van der Waals surface area contributed by atoms with E-state index in [4.69, 9.17) is 5.26 Å². The molecule has 4 nitrogen and oxygen atoms in total. The molecule has 3 rings (SSSR count). The van der Waals surface area contributed by atoms with E-state index in [0.717, 1.165) is 50.9 Å². The first kappa shape index (κ1) is 12.5. The van der Waals surface area contributed by atoms with Gasteiger partial charge in [-0.1, -0.05) is 6.07 Å². The van der Waals surface area contributed by atoms with Gasteiger partial charge in [0.25, 0.3) is 0 Å². The van der Waals surface area contributed by atoms with Crippen LogP contribution in [-0.4, -0.2) is 50.2 Å². The normalized spacial score (nSPS) is 24.4. The van der Waals surface area contributed by atoms with E-state index in [1.165, 1.54) is 12.1 Å². The second-order valence-electron chi connectivity index (χ2n) is 5.33. The van der Waals surface area contributed by atoms with E-state index in [1.807, 2.05) is 18.2 Å². The third kappa shape index (κ3) is 2.73. The van der Waals surface area contributed by atoms with Gasteiger partial charge in [-0.15, -0.1) is 0 Å². The SMILES string of the molecule is N#Cc1cccc(N2CCN(C3CCNC3)CC2)c1. The maximum atomic E-state index is 8.96. The van der Waals surface area contributed by atoms with Gasteiger partial charge < -0.3 is 10.2 Å². The van der Waals surface area contributed by atoms with Crippen molar-refractivity contribution < 1.29 is 0 Å². The van der Waals surface area contributed by atoms with Crippen LogP contribution in [0.25, 0.3) is 0 Å². The van der Waals surface area contributed by atoms with Crippen molar-refractivity contribution in [1.29, 1.82) is 5.26 Å². The Kier molecular flexibility index (Phi) is 3.67. The van der Waals surface area contributed by atoms with Crippen molar-refractivity contribution in [1.82, 2.24) is 10.2 Å². The third-order valence-electron chi connectivity index (χ3n) is 4.21. The summed E-state index contributed by atoms with van der Waals surface area (Å²) in [6.07, 6.45) is 1.28. The summed E-state index contributed by atoms with van der Waals surface area (Å²) in [6, 6.07) is 10.9. The minimum Gasteiger partial charge on any atom is -0.369 e. The number of hydrogen-bond donors (Lipinski definition) is 1. The first-order valence-electron chi connectivity index (χ1n) is 7.07. The highest BCUT2D eigenvalue weighted by Gasteiger charge is 2.25. The molecule has 0 amide bonds. The topological polar surface area (TPSA) is 42.3 Å². The van der Waals surface area contributed by atoms with Crippen molar-refractivity contribution in [2.45, 2.75) is 12.5 Å². The average molecular weight is 256 g/mol. The van der Waals surface area contributed by atoms with Crippen molar-refractivity contribution in [3.8, 4) is 6.07 Å². The summed E-state index contributed by atoms with van der Waals surface area (Å²) in [7, 11) is 0. The molecule has 100 valence electrons. The molecule has 0 radical (unpaired) electrons. The van der Waals surface area contributed by atoms with Crippen LogP contribution in [0.5, 0.6) is 0 Å². The number of nitriles is 1. The van der Waals surface area contributed by atoms with E-state index in [9.17, 15) is 0 Å². The number of hydrogen-bond acceptors (Lipinski definition) is 4. The van der Waals surface area contributed by atoms with Crippen LogP contribution in [0.1, 0.15) is 12.0 Å². The predicted molar refractivity (Wildman–Crippen MR) is 76.2 cm³/mol. The Labute approximate surface area is 114 Å². The zero-order chi connectivity index (χ0) is 13.1. The summed E-state index contributed by atoms with van der Waals surface area (Å²) >= 11 is 0. The van der Waals surface area contributed by atoms with Gasteiger partial charge in [-0.3, -0.25) is 4.90 Å². The molecule has 1 aromatic carbocycles. The fourth-order valence-corrected chi connectivity index (χ4v) is 3.07. The minimum absolute atomic E-state index is 0.729. The zero-order valence-electron chi connectivity index (χ0n) is 11.2. The molecule has 0 spiro atoms. The quantitative estimate of drug-likeness (QED) is 0.858. The summed E-state index contributed by atoms with van der Waals surface area (Å²) in [5, 5.41) is 12.4. The highest BCUT2D eigenvalue weighted by molar-refractivity contribution is 5.51. The first-order chi connectivity index (χ1) is 9.36. The fourth-order valence-electron chi connectivity index (χ4n) is 3.07. The molecule has 2 aliphatic rings. The molecule has 1 unspecified atom stereocenters. The lowest BCUT2D eigenvalue weighted by molar-refractivity contribution is 0.196. The fraction of sp³-hybridized carbons (Fsp3) is 0.533. The Morgan fingerprint density at radius 2 is 2.05 bits per heavy atom. The maximum absolute atomic E-state index is 8.96. The van der Waals surface area contributed by atoms with Crippen LogP contribution < -0.4 is 10.2 Å². The summed E-state index contributed by atoms with van der Waals surface area (Å²) < 4.78 is 0. The number of benzene rings is 1. The smallest absolute Gasteiger partial charge is 0.0992 e. The number of piperazine rings is 1. The highest BCUT2D eigenvalue weighted by atomic mass is 15.3. The Morgan fingerprint density at radius 1 is 1.21 bits per heavy atom. The van der Waals surface area contributed by atoms with Crippen LogP contribution in [-0.2, 0) is 0 Å². The van der Waals surface area contributed by atoms with E-state index in [2.05, 4.69) is 27.3 Å². The van der Waals surface area contributed by atoms with Crippen molar-refractivity contribution >= 4 is 5.69 Å². The van der Waals surface area contributed by atoms with Crippen LogP contribution in [0, 0.1) is 11.3 Å². The molecule has 2 aliphatic heterocycles. The molecule has 1 atom stereocenters. The van der Waals surface area contributed by atoms with Gasteiger partial charge in [0.1, 0.15) is 0 Å². The van der Waals surface area contributed by atoms with Gasteiger partial charge in [-0.25, -0.2) is 0 Å². The van der Waals surface area contributed by atoms with E-state index in [-0.39, 0.29) is 0 Å². The van der Waals surface area contributed by atoms with Crippen LogP contribution >= 0.6 is 0 Å². The average Bonchev–Trinajstić information content (AvgIpc) is 3.02. The molecule has 0 aromatic heterocycles. The van der Waals surface area contributed by atoms with Crippen molar-refractivity contribution in [3.05, 3.63) is 29.8 Å². The van der Waals surface area contributed by atoms with Crippen LogP contribution in [0.2, 0.25) is 0 Å². The summed E-state index contributed by atoms with van der Waals surface area (Å²) in [4.78, 5) is 4.99. The molecule has 2 heterocycles. The standard InChI is InChI=1S/C15H20N4/c16-11-13-2-1-3-14(10-13)18-6-8-19(9-7-18)15-4-5-17-12-15/h1-3,10,15,17H,4-9,12H2. The van der Waals surface area contributed by atoms with E-state index < -0.39 is 0 Å². The lowest BCUT2D eigenvalue weighted by atomic mass is 10.1. The minimum atomic E-state index is 0.729. The lowest BCUT2D eigenvalue weighted by Crippen LogP contribution is -2.51. The van der Waals surface area contributed by atoms with E-state index in [1.54, 1.807) is 0 Å². The van der Waals surface area contributed by atoms with Crippen molar-refractivity contribution in [2.24, 2.45) is 0 Å². The molecule has 4 heteroatoms. The number of nitrogens with zero attached hydrogens (tertiary/aromatic N) is 3. The summed E-state index contributed by atoms with van der Waals surface area (Å²) in [6.45, 7) is 6.68. The second kappa shape index (κ2) is 5.60. The van der Waals surface area contributed by atoms with Crippen LogP contribution in [0.4, 0.5) is 5.69 Å². The zero-order valence-corrected chi connectivity index (χ0v) is 11.2. The molecule has 2 saturated heterocycles. The van der Waals surface area contributed by atoms with Crippen LogP contribution in [0.3, 0.4) is 0 Å². The predicted octanol–water partition coefficient (Wildman–Crippen LogP) is 1.04. The van der Waals surface area contributed by atoms with E-state index >= 15 is 0 Å². The van der Waals surface area contributed by atoms with Gasteiger partial charge in [0, 0.05) is 44.5 Å². The summed E-state index contributed by atoms with van der Waals surface area (Å²) in [5.41, 5.74) is 1.93. The van der Waals surface area contributed by atoms with Gasteiger partial charge in [0.15, 0.2) is 0 Å². The third-order valence-corrected chi connectivity index (χ3v) is 4.21. The molecule has 19 heavy (non-hydrogen) atoms. The lowest BCUT2D eigenvalue weighted by Gasteiger charge is -2.39. The Balaban J connectivity index is 1.61. The molecule has 0 saturated carbocycles. The molecule has 2 fully saturated rings. The highest BCUT2D eigenvalue weighted by Crippen LogP contribution is 2.19. The first-order valence-corrected chi connectivity index (χ1v) is 7.07.